The van der Waals surface area contributed by atoms with Crippen molar-refractivity contribution in [2.45, 2.75) is 18.4 Å². The van der Waals surface area contributed by atoms with E-state index < -0.39 is 9.84 Å². The number of thiophene rings is 1. The van der Waals surface area contributed by atoms with Crippen LogP contribution in [-0.4, -0.2) is 37.4 Å². The van der Waals surface area contributed by atoms with Gasteiger partial charge in [-0.05, 0) is 29.7 Å². The lowest BCUT2D eigenvalue weighted by Crippen LogP contribution is -2.40. The molecule has 2 aromatic heterocycles. The zero-order valence-corrected chi connectivity index (χ0v) is 16.3. The zero-order valence-electron chi connectivity index (χ0n) is 14.0. The molecule has 0 spiro atoms. The van der Waals surface area contributed by atoms with E-state index in [1.165, 1.54) is 17.6 Å². The van der Waals surface area contributed by atoms with Crippen LogP contribution in [0.25, 0.3) is 10.2 Å². The van der Waals surface area contributed by atoms with Crippen LogP contribution in [0, 0.1) is 0 Å². The lowest BCUT2D eigenvalue weighted by Gasteiger charge is -2.21. The highest BCUT2D eigenvalue weighted by atomic mass is 35.5. The van der Waals surface area contributed by atoms with E-state index >= 15 is 0 Å². The molecule has 26 heavy (non-hydrogen) atoms. The number of aromatic amines is 1. The lowest BCUT2D eigenvalue weighted by atomic mass is 10.0. The Morgan fingerprint density at radius 1 is 1.35 bits per heavy atom. The highest BCUT2D eigenvalue weighted by Crippen LogP contribution is 2.35. The van der Waals surface area contributed by atoms with Crippen molar-refractivity contribution in [2.24, 2.45) is 0 Å². The van der Waals surface area contributed by atoms with E-state index in [-0.39, 0.29) is 23.6 Å². The molecule has 0 unspecified atom stereocenters. The molecule has 0 saturated carbocycles. The molecule has 2 atom stereocenters. The van der Waals surface area contributed by atoms with Crippen LogP contribution in [0.3, 0.4) is 0 Å². The molecule has 136 valence electrons. The number of sulfone groups is 1. The minimum absolute atomic E-state index is 0.0182. The number of halogens is 1. The smallest absolute Gasteiger partial charge is 0.268 e. The number of carbonyl (C=O) groups excluding carboxylic acids is 1. The van der Waals surface area contributed by atoms with Crippen molar-refractivity contribution in [3.63, 3.8) is 0 Å². The summed E-state index contributed by atoms with van der Waals surface area (Å²) in [7, 11) is -3.17. The summed E-state index contributed by atoms with van der Waals surface area (Å²) in [6, 6.07) is 11.1. The first kappa shape index (κ1) is 17.6. The number of nitrogens with one attached hydrogen (secondary N) is 2. The average molecular weight is 409 g/mol. The number of amides is 1. The van der Waals surface area contributed by atoms with Gasteiger partial charge in [0.05, 0.1) is 10.1 Å². The number of aromatic nitrogens is 1. The van der Waals surface area contributed by atoms with Crippen LogP contribution in [0.15, 0.2) is 36.4 Å². The van der Waals surface area contributed by atoms with Gasteiger partial charge in [-0.15, -0.1) is 11.3 Å². The van der Waals surface area contributed by atoms with E-state index in [2.05, 4.69) is 10.3 Å². The van der Waals surface area contributed by atoms with Crippen molar-refractivity contribution in [3.8, 4) is 0 Å². The first-order valence-electron chi connectivity index (χ1n) is 8.14. The summed E-state index contributed by atoms with van der Waals surface area (Å²) in [5, 5.41) is 3.91. The largest absolute Gasteiger partial charge is 0.347 e. The van der Waals surface area contributed by atoms with E-state index in [0.29, 0.717) is 16.5 Å². The molecule has 0 bridgehead atoms. The Labute approximate surface area is 160 Å². The number of carbonyl (C=O) groups is 1. The quantitative estimate of drug-likeness (QED) is 0.694. The summed E-state index contributed by atoms with van der Waals surface area (Å²) in [5.41, 5.74) is 2.55. The fourth-order valence-electron chi connectivity index (χ4n) is 3.62. The summed E-state index contributed by atoms with van der Waals surface area (Å²) in [6.07, 6.45) is 1.86. The van der Waals surface area contributed by atoms with Crippen molar-refractivity contribution in [1.29, 1.82) is 0 Å². The van der Waals surface area contributed by atoms with E-state index in [4.69, 9.17) is 11.6 Å². The van der Waals surface area contributed by atoms with Crippen LogP contribution in [0.4, 0.5) is 0 Å². The van der Waals surface area contributed by atoms with Crippen LogP contribution in [0.5, 0.6) is 0 Å². The first-order valence-corrected chi connectivity index (χ1v) is 11.4. The second-order valence-corrected chi connectivity index (χ2v) is 10.6. The maximum atomic E-state index is 12.7. The number of hydrogen-bond donors (Lipinski definition) is 2. The van der Waals surface area contributed by atoms with Gasteiger partial charge in [0.25, 0.3) is 5.91 Å². The van der Waals surface area contributed by atoms with E-state index in [9.17, 15) is 13.2 Å². The lowest BCUT2D eigenvalue weighted by molar-refractivity contribution is 0.0930. The van der Waals surface area contributed by atoms with Gasteiger partial charge in [0, 0.05) is 23.6 Å². The summed E-state index contributed by atoms with van der Waals surface area (Å²) in [4.78, 5) is 16.6. The Balaban J connectivity index is 1.59. The van der Waals surface area contributed by atoms with Crippen molar-refractivity contribution in [1.82, 2.24) is 10.3 Å². The number of fused-ring (bicyclic) bond motifs is 2. The Kier molecular flexibility index (Phi) is 4.33. The third-order valence-electron chi connectivity index (χ3n) is 4.70. The molecule has 2 heterocycles. The summed E-state index contributed by atoms with van der Waals surface area (Å²) in [5.74, 6) is -0.457. The van der Waals surface area contributed by atoms with Gasteiger partial charge in [-0.2, -0.15) is 0 Å². The van der Waals surface area contributed by atoms with Gasteiger partial charge < -0.3 is 10.3 Å². The molecule has 1 amide bonds. The highest BCUT2D eigenvalue weighted by Gasteiger charge is 2.35. The van der Waals surface area contributed by atoms with Crippen molar-refractivity contribution in [2.75, 3.05) is 12.0 Å². The van der Waals surface area contributed by atoms with Crippen LogP contribution in [0.2, 0.25) is 4.34 Å². The minimum atomic E-state index is -3.17. The second kappa shape index (κ2) is 6.40. The Morgan fingerprint density at radius 2 is 2.12 bits per heavy atom. The molecule has 2 N–H and O–H groups in total. The molecule has 8 heteroatoms. The van der Waals surface area contributed by atoms with Gasteiger partial charge in [0.1, 0.15) is 20.4 Å². The molecule has 4 rings (SSSR count). The molecule has 3 aromatic rings. The molecule has 0 aliphatic heterocycles. The van der Waals surface area contributed by atoms with Gasteiger partial charge in [-0.3, -0.25) is 4.79 Å². The fourth-order valence-corrected chi connectivity index (χ4v) is 5.81. The Morgan fingerprint density at radius 3 is 2.85 bits per heavy atom. The molecule has 1 aliphatic rings. The summed E-state index contributed by atoms with van der Waals surface area (Å²) < 4.78 is 24.4. The molecular weight excluding hydrogens is 392 g/mol. The second-order valence-electron chi connectivity index (χ2n) is 6.70. The minimum Gasteiger partial charge on any atom is -0.347 e. The van der Waals surface area contributed by atoms with Crippen LogP contribution in [-0.2, 0) is 16.3 Å². The third-order valence-corrected chi connectivity index (χ3v) is 6.86. The molecular formula is C18H17ClN2O3S2. The number of hydrogen-bond acceptors (Lipinski definition) is 4. The maximum Gasteiger partial charge on any atom is 0.268 e. The molecule has 0 saturated heterocycles. The predicted octanol–water partition coefficient (Wildman–Crippen LogP) is 3.37. The topological polar surface area (TPSA) is 79.0 Å². The standard InChI is InChI=1S/C18H17ClN2O3S2/c1-26(23,24)9-13-12-5-3-2-4-10(12)6-14(13)20-17(22)15-7-11-8-16(19)25-18(11)21-15/h2-5,7-8,13-14,21H,6,9H2,1H3,(H,20,22)/t13-,14-/m1/s1. The molecule has 5 nitrogen and oxygen atoms in total. The Hall–Kier alpha value is -1.83. The van der Waals surface area contributed by atoms with Gasteiger partial charge in [-0.25, -0.2) is 8.42 Å². The average Bonchev–Trinajstić information content (AvgIpc) is 3.18. The number of rotatable bonds is 4. The molecule has 0 radical (unpaired) electrons. The Bertz CT molecular complexity index is 1070. The van der Waals surface area contributed by atoms with Crippen LogP contribution in [0.1, 0.15) is 27.5 Å². The van der Waals surface area contributed by atoms with Gasteiger partial charge in [0.2, 0.25) is 0 Å². The summed E-state index contributed by atoms with van der Waals surface area (Å²) in [6.45, 7) is 0. The van der Waals surface area contributed by atoms with Crippen LogP contribution >= 0.6 is 22.9 Å². The zero-order chi connectivity index (χ0) is 18.5. The van der Waals surface area contributed by atoms with E-state index in [0.717, 1.165) is 21.3 Å². The normalized spacial score (nSPS) is 19.6. The van der Waals surface area contributed by atoms with Gasteiger partial charge in [-0.1, -0.05) is 35.9 Å². The fraction of sp³-hybridized carbons (Fsp3) is 0.278. The van der Waals surface area contributed by atoms with Gasteiger partial charge in [0.15, 0.2) is 0 Å². The SMILES string of the molecule is CS(=O)(=O)C[C@@H]1c2ccccc2C[C@H]1NC(=O)c1cc2cc(Cl)sc2[nH]1. The molecule has 1 aliphatic carbocycles. The predicted molar refractivity (Wildman–Crippen MR) is 105 cm³/mol. The van der Waals surface area contributed by atoms with Crippen molar-refractivity contribution >= 4 is 48.9 Å². The van der Waals surface area contributed by atoms with Crippen molar-refractivity contribution in [3.05, 3.63) is 57.6 Å². The highest BCUT2D eigenvalue weighted by molar-refractivity contribution is 7.90. The maximum absolute atomic E-state index is 12.7. The van der Waals surface area contributed by atoms with Gasteiger partial charge >= 0.3 is 0 Å². The number of benzene rings is 1. The summed E-state index contributed by atoms with van der Waals surface area (Å²) >= 11 is 7.35. The molecule has 0 fully saturated rings. The van der Waals surface area contributed by atoms with E-state index in [1.54, 1.807) is 6.07 Å². The molecule has 1 aromatic carbocycles. The van der Waals surface area contributed by atoms with E-state index in [1.807, 2.05) is 30.3 Å². The first-order chi connectivity index (χ1) is 12.3. The third kappa shape index (κ3) is 3.39. The number of H-pyrrole nitrogens is 1. The van der Waals surface area contributed by atoms with Crippen LogP contribution < -0.4 is 5.32 Å². The monoisotopic (exact) mass is 408 g/mol. The van der Waals surface area contributed by atoms with Crippen molar-refractivity contribution < 1.29 is 13.2 Å².